The molecular formula is C41H42N4O8. The molecule has 12 heteroatoms. The number of hydrogen-bond donors (Lipinski definition) is 3. The Morgan fingerprint density at radius 2 is 1.43 bits per heavy atom. The number of amides is 4. The first-order chi connectivity index (χ1) is 25.6. The summed E-state index contributed by atoms with van der Waals surface area (Å²) in [6.07, 6.45) is -0.252. The van der Waals surface area contributed by atoms with Gasteiger partial charge >= 0.3 is 12.1 Å². The smallest absolute Gasteiger partial charge is 0.407 e. The van der Waals surface area contributed by atoms with E-state index in [-0.39, 0.29) is 30.9 Å². The molecule has 53 heavy (non-hydrogen) atoms. The number of alkyl carbamates (subject to hydrolysis) is 1. The molecule has 7 rings (SSSR count). The molecule has 6 atom stereocenters. The Hall–Kier alpha value is -5.91. The fourth-order valence-electron chi connectivity index (χ4n) is 8.05. The third-order valence-electron chi connectivity index (χ3n) is 10.8. The highest BCUT2D eigenvalue weighted by atomic mass is 16.5. The number of piperidine rings is 1. The first-order valence-corrected chi connectivity index (χ1v) is 17.9. The number of fused-ring (bicyclic) bond motifs is 5. The number of nitrogens with zero attached hydrogens (tertiary/aromatic N) is 1. The minimum Gasteiger partial charge on any atom is -0.496 e. The van der Waals surface area contributed by atoms with Crippen LogP contribution in [0.25, 0.3) is 21.9 Å². The lowest BCUT2D eigenvalue weighted by molar-refractivity contribution is -0.149. The molecule has 6 unspecified atom stereocenters. The van der Waals surface area contributed by atoms with Crippen LogP contribution < -0.4 is 25.4 Å². The third kappa shape index (κ3) is 6.65. The molecular weight excluding hydrogens is 676 g/mol. The van der Waals surface area contributed by atoms with Gasteiger partial charge in [0.05, 0.1) is 7.11 Å². The molecule has 0 radical (unpaired) electrons. The van der Waals surface area contributed by atoms with E-state index in [0.717, 1.165) is 27.6 Å². The first kappa shape index (κ1) is 35.5. The largest absolute Gasteiger partial charge is 0.496 e. The first-order valence-electron chi connectivity index (χ1n) is 17.9. The van der Waals surface area contributed by atoms with E-state index in [9.17, 15) is 24.0 Å². The van der Waals surface area contributed by atoms with Crippen LogP contribution in [-0.2, 0) is 23.9 Å². The van der Waals surface area contributed by atoms with Gasteiger partial charge in [0.2, 0.25) is 17.7 Å². The van der Waals surface area contributed by atoms with Crippen LogP contribution in [0.15, 0.2) is 84.9 Å². The van der Waals surface area contributed by atoms with E-state index in [1.165, 1.54) is 18.7 Å². The molecule has 2 heterocycles. The lowest BCUT2D eigenvalue weighted by Gasteiger charge is -2.39. The summed E-state index contributed by atoms with van der Waals surface area (Å²) in [6.45, 7) is 5.29. The second-order valence-corrected chi connectivity index (χ2v) is 13.9. The fourth-order valence-corrected chi connectivity index (χ4v) is 8.05. The van der Waals surface area contributed by atoms with Gasteiger partial charge in [0.15, 0.2) is 0 Å². The zero-order valence-electron chi connectivity index (χ0n) is 30.0. The number of methoxy groups -OCH3 is 1. The summed E-state index contributed by atoms with van der Waals surface area (Å²) in [5, 5.41) is 9.51. The lowest BCUT2D eigenvalue weighted by atomic mass is 9.78. The van der Waals surface area contributed by atoms with Gasteiger partial charge in [0.25, 0.3) is 0 Å². The van der Waals surface area contributed by atoms with Crippen molar-refractivity contribution in [2.24, 2.45) is 11.8 Å². The SMILES string of the molecule is COc1ccc(OC(=O)C2NC(=O)C3C(CCN3C(=O)C(C)NC(=O)C(C)NC(=O)OCC3c4ccccc4-c4ccccc43)C2C)c2ccccc12. The molecule has 12 nitrogen and oxygen atoms in total. The van der Waals surface area contributed by atoms with Crippen molar-refractivity contribution in [3.05, 3.63) is 96.1 Å². The summed E-state index contributed by atoms with van der Waals surface area (Å²) in [5.74, 6) is -1.83. The minimum atomic E-state index is -1.00. The molecule has 0 bridgehead atoms. The van der Waals surface area contributed by atoms with Crippen molar-refractivity contribution >= 4 is 40.6 Å². The fraction of sp³-hybridized carbons (Fsp3) is 0.341. The van der Waals surface area contributed by atoms with E-state index in [1.807, 2.05) is 79.7 Å². The molecule has 4 aromatic rings. The number of carbonyl (C=O) groups is 5. The van der Waals surface area contributed by atoms with Gasteiger partial charge in [-0.05, 0) is 66.5 Å². The van der Waals surface area contributed by atoms with Gasteiger partial charge < -0.3 is 35.1 Å². The number of hydrogen-bond acceptors (Lipinski definition) is 8. The lowest BCUT2D eigenvalue weighted by Crippen LogP contribution is -2.63. The monoisotopic (exact) mass is 718 g/mol. The molecule has 1 aliphatic carbocycles. The van der Waals surface area contributed by atoms with Gasteiger partial charge in [-0.15, -0.1) is 0 Å². The average molecular weight is 719 g/mol. The zero-order chi connectivity index (χ0) is 37.4. The summed E-state index contributed by atoms with van der Waals surface area (Å²) in [7, 11) is 1.57. The summed E-state index contributed by atoms with van der Waals surface area (Å²) in [5.41, 5.74) is 4.35. The molecule has 0 saturated carbocycles. The summed E-state index contributed by atoms with van der Waals surface area (Å²) >= 11 is 0. The molecule has 2 saturated heterocycles. The second kappa shape index (κ2) is 14.6. The number of nitrogens with one attached hydrogen (secondary N) is 3. The van der Waals surface area contributed by atoms with Crippen molar-refractivity contribution in [3.63, 3.8) is 0 Å². The number of carbonyl (C=O) groups excluding carboxylic acids is 5. The van der Waals surface area contributed by atoms with E-state index in [4.69, 9.17) is 14.2 Å². The standard InChI is InChI=1S/C41H42N4O8/c1-22-25-19-20-45(36(25)38(47)44-35(22)40(49)53-34-18-17-33(51-4)30-15-9-10-16-31(30)34)39(48)24(3)42-37(46)23(2)43-41(50)52-21-32-28-13-7-5-11-26(28)27-12-6-8-14-29(27)32/h5-18,22-25,32,35-36H,19-21H2,1-4H3,(H,42,46)(H,43,50)(H,44,47). The van der Waals surface area contributed by atoms with Crippen LogP contribution in [0.4, 0.5) is 4.79 Å². The van der Waals surface area contributed by atoms with Crippen molar-refractivity contribution in [2.45, 2.75) is 57.3 Å². The molecule has 2 aliphatic heterocycles. The number of benzene rings is 4. The second-order valence-electron chi connectivity index (χ2n) is 13.9. The van der Waals surface area contributed by atoms with Gasteiger partial charge in [-0.1, -0.05) is 79.7 Å². The maximum atomic E-state index is 13.6. The predicted octanol–water partition coefficient (Wildman–Crippen LogP) is 4.54. The van der Waals surface area contributed by atoms with Crippen LogP contribution in [-0.4, -0.2) is 79.1 Å². The van der Waals surface area contributed by atoms with Crippen molar-refractivity contribution in [3.8, 4) is 22.6 Å². The highest BCUT2D eigenvalue weighted by Crippen LogP contribution is 2.44. The molecule has 4 aromatic carbocycles. The Morgan fingerprint density at radius 3 is 2.09 bits per heavy atom. The summed E-state index contributed by atoms with van der Waals surface area (Å²) in [4.78, 5) is 67.9. The van der Waals surface area contributed by atoms with Gasteiger partial charge in [-0.25, -0.2) is 9.59 Å². The molecule has 3 N–H and O–H groups in total. The number of ether oxygens (including phenoxy) is 3. The molecule has 0 aromatic heterocycles. The Kier molecular flexibility index (Phi) is 9.78. The Balaban J connectivity index is 0.924. The Labute approximate surface area is 307 Å². The quantitative estimate of drug-likeness (QED) is 0.169. The van der Waals surface area contributed by atoms with E-state index in [2.05, 4.69) is 16.0 Å². The van der Waals surface area contributed by atoms with Crippen molar-refractivity contribution in [2.75, 3.05) is 20.3 Å². The van der Waals surface area contributed by atoms with E-state index in [1.54, 1.807) is 19.2 Å². The van der Waals surface area contributed by atoms with Gasteiger partial charge in [-0.3, -0.25) is 14.4 Å². The molecule has 2 fully saturated rings. The van der Waals surface area contributed by atoms with E-state index >= 15 is 0 Å². The van der Waals surface area contributed by atoms with Crippen LogP contribution in [0.5, 0.6) is 11.5 Å². The number of rotatable bonds is 9. The highest BCUT2D eigenvalue weighted by Gasteiger charge is 2.52. The van der Waals surface area contributed by atoms with E-state index in [0.29, 0.717) is 23.3 Å². The van der Waals surface area contributed by atoms with Gasteiger partial charge in [0, 0.05) is 23.2 Å². The van der Waals surface area contributed by atoms with Crippen molar-refractivity contribution in [1.29, 1.82) is 0 Å². The minimum absolute atomic E-state index is 0.0953. The normalized spacial score (nSPS) is 21.4. The van der Waals surface area contributed by atoms with Crippen LogP contribution >= 0.6 is 0 Å². The van der Waals surface area contributed by atoms with E-state index < -0.39 is 54.0 Å². The van der Waals surface area contributed by atoms with Crippen molar-refractivity contribution in [1.82, 2.24) is 20.9 Å². The van der Waals surface area contributed by atoms with Crippen LogP contribution in [0.2, 0.25) is 0 Å². The average Bonchev–Trinajstić information content (AvgIpc) is 3.76. The molecule has 3 aliphatic rings. The van der Waals surface area contributed by atoms with Crippen molar-refractivity contribution < 1.29 is 38.2 Å². The van der Waals surface area contributed by atoms with Gasteiger partial charge in [0.1, 0.15) is 42.3 Å². The van der Waals surface area contributed by atoms with Gasteiger partial charge in [-0.2, -0.15) is 0 Å². The topological polar surface area (TPSA) is 152 Å². The van der Waals surface area contributed by atoms with Crippen LogP contribution in [0.3, 0.4) is 0 Å². The maximum Gasteiger partial charge on any atom is 0.407 e. The summed E-state index contributed by atoms with van der Waals surface area (Å²) < 4.78 is 16.9. The Morgan fingerprint density at radius 1 is 0.830 bits per heavy atom. The molecule has 0 spiro atoms. The predicted molar refractivity (Wildman–Crippen MR) is 196 cm³/mol. The van der Waals surface area contributed by atoms with Crippen LogP contribution in [0, 0.1) is 11.8 Å². The molecule has 274 valence electrons. The maximum absolute atomic E-state index is 13.6. The summed E-state index contributed by atoms with van der Waals surface area (Å²) in [6, 6.07) is 23.1. The zero-order valence-corrected chi connectivity index (χ0v) is 30.0. The highest BCUT2D eigenvalue weighted by molar-refractivity contribution is 5.98. The number of likely N-dealkylation sites (tertiary alicyclic amines) is 1. The number of esters is 1. The third-order valence-corrected chi connectivity index (χ3v) is 10.8. The molecule has 4 amide bonds. The Bertz CT molecular complexity index is 2060. The van der Waals surface area contributed by atoms with Crippen LogP contribution in [0.1, 0.15) is 44.2 Å².